The molecular weight excluding hydrogens is 386 g/mol. The second-order valence-electron chi connectivity index (χ2n) is 7.15. The fourth-order valence-corrected chi connectivity index (χ4v) is 6.01. The number of piperazine rings is 1. The highest BCUT2D eigenvalue weighted by atomic mass is 32.2. The molecule has 7 nitrogen and oxygen atoms in total. The van der Waals surface area contributed by atoms with Crippen LogP contribution in [-0.2, 0) is 21.4 Å². The molecule has 1 saturated carbocycles. The van der Waals surface area contributed by atoms with Gasteiger partial charge in [0.15, 0.2) is 0 Å². The smallest absolute Gasteiger partial charge is 0.308 e. The minimum atomic E-state index is -3.63. The van der Waals surface area contributed by atoms with Crippen LogP contribution < -0.4 is 4.87 Å². The van der Waals surface area contributed by atoms with Gasteiger partial charge >= 0.3 is 4.87 Å². The molecule has 27 heavy (non-hydrogen) atoms. The molecular formula is C18H23N3O4S2. The largest absolute Gasteiger partial charge is 0.340 e. The van der Waals surface area contributed by atoms with Crippen molar-refractivity contribution in [3.05, 3.63) is 27.9 Å². The standard InChI is InChI=1S/C18H23N3O4S2/c1-2-7-21-15-6-5-14(12-16(15)26-18(21)23)27(24,25)20-10-8-19(9-11-20)17(22)13-3-4-13/h5-6,12-13H,2-4,7-11H2,1H3. The Balaban J connectivity index is 1.55. The Morgan fingerprint density at radius 2 is 1.89 bits per heavy atom. The van der Waals surface area contributed by atoms with Gasteiger partial charge < -0.3 is 4.90 Å². The van der Waals surface area contributed by atoms with Gasteiger partial charge in [0.2, 0.25) is 15.9 Å². The summed E-state index contributed by atoms with van der Waals surface area (Å²) in [6.07, 6.45) is 2.76. The van der Waals surface area contributed by atoms with Crippen LogP contribution in [0.3, 0.4) is 0 Å². The normalized spacial score (nSPS) is 18.9. The maximum absolute atomic E-state index is 13.0. The number of rotatable bonds is 5. The number of aromatic nitrogens is 1. The SMILES string of the molecule is CCCn1c(=O)sc2cc(S(=O)(=O)N3CCN(C(=O)C4CC4)CC3)ccc21. The lowest BCUT2D eigenvalue weighted by Gasteiger charge is -2.34. The van der Waals surface area contributed by atoms with Crippen molar-refractivity contribution in [3.8, 4) is 0 Å². The molecule has 0 unspecified atom stereocenters. The summed E-state index contributed by atoms with van der Waals surface area (Å²) >= 11 is 1.08. The lowest BCUT2D eigenvalue weighted by molar-refractivity contribution is -0.133. The molecule has 1 aromatic carbocycles. The fraction of sp³-hybridized carbons (Fsp3) is 0.556. The Morgan fingerprint density at radius 1 is 1.19 bits per heavy atom. The van der Waals surface area contributed by atoms with Crippen LogP contribution in [0.5, 0.6) is 0 Å². The van der Waals surface area contributed by atoms with Crippen molar-refractivity contribution in [2.45, 2.75) is 37.6 Å². The fourth-order valence-electron chi connectivity index (χ4n) is 3.53. The van der Waals surface area contributed by atoms with E-state index in [0.29, 0.717) is 37.4 Å². The third kappa shape index (κ3) is 3.43. The number of hydrogen-bond acceptors (Lipinski definition) is 5. The lowest BCUT2D eigenvalue weighted by atomic mass is 10.3. The molecule has 1 aliphatic carbocycles. The van der Waals surface area contributed by atoms with Crippen LogP contribution >= 0.6 is 11.3 Å². The van der Waals surface area contributed by atoms with Crippen molar-refractivity contribution >= 4 is 37.5 Å². The molecule has 146 valence electrons. The zero-order valence-corrected chi connectivity index (χ0v) is 16.9. The maximum Gasteiger partial charge on any atom is 0.308 e. The van der Waals surface area contributed by atoms with Crippen molar-refractivity contribution < 1.29 is 13.2 Å². The molecule has 9 heteroatoms. The number of aryl methyl sites for hydroxylation is 1. The van der Waals surface area contributed by atoms with E-state index in [4.69, 9.17) is 0 Å². The predicted octanol–water partition coefficient (Wildman–Crippen LogP) is 1.72. The van der Waals surface area contributed by atoms with Gasteiger partial charge in [-0.2, -0.15) is 4.31 Å². The summed E-state index contributed by atoms with van der Waals surface area (Å²) < 4.78 is 29.9. The second kappa shape index (κ2) is 7.03. The monoisotopic (exact) mass is 409 g/mol. The summed E-state index contributed by atoms with van der Waals surface area (Å²) in [7, 11) is -3.63. The summed E-state index contributed by atoms with van der Waals surface area (Å²) in [6, 6.07) is 4.91. The van der Waals surface area contributed by atoms with E-state index in [1.807, 2.05) is 6.92 Å². The van der Waals surface area contributed by atoms with Crippen LogP contribution in [0.4, 0.5) is 0 Å². The molecule has 1 aromatic heterocycles. The molecule has 0 radical (unpaired) electrons. The number of hydrogen-bond donors (Lipinski definition) is 0. The highest BCUT2D eigenvalue weighted by Gasteiger charge is 2.36. The average Bonchev–Trinajstić information content (AvgIpc) is 3.46. The Morgan fingerprint density at radius 3 is 2.52 bits per heavy atom. The van der Waals surface area contributed by atoms with E-state index in [2.05, 4.69) is 0 Å². The van der Waals surface area contributed by atoms with Gasteiger partial charge in [0, 0.05) is 38.6 Å². The van der Waals surface area contributed by atoms with Crippen molar-refractivity contribution in [3.63, 3.8) is 0 Å². The number of carbonyl (C=O) groups is 1. The quantitative estimate of drug-likeness (QED) is 0.753. The number of carbonyl (C=O) groups excluding carboxylic acids is 1. The van der Waals surface area contributed by atoms with Gasteiger partial charge in [-0.3, -0.25) is 14.2 Å². The molecule has 2 heterocycles. The van der Waals surface area contributed by atoms with Crippen molar-refractivity contribution in [2.24, 2.45) is 5.92 Å². The van der Waals surface area contributed by atoms with Gasteiger partial charge in [0.1, 0.15) is 0 Å². The number of benzene rings is 1. The molecule has 1 aliphatic heterocycles. The van der Waals surface area contributed by atoms with Crippen molar-refractivity contribution in [2.75, 3.05) is 26.2 Å². The van der Waals surface area contributed by atoms with Crippen LogP contribution in [0.2, 0.25) is 0 Å². The zero-order valence-electron chi connectivity index (χ0n) is 15.3. The molecule has 0 N–H and O–H groups in total. The predicted molar refractivity (Wildman–Crippen MR) is 104 cm³/mol. The zero-order chi connectivity index (χ0) is 19.2. The van der Waals surface area contributed by atoms with Crippen molar-refractivity contribution in [1.82, 2.24) is 13.8 Å². The van der Waals surface area contributed by atoms with Crippen LogP contribution in [0.25, 0.3) is 10.2 Å². The van der Waals surface area contributed by atoms with E-state index in [-0.39, 0.29) is 21.6 Å². The topological polar surface area (TPSA) is 79.7 Å². The summed E-state index contributed by atoms with van der Waals surface area (Å²) in [5.74, 6) is 0.320. The van der Waals surface area contributed by atoms with Gasteiger partial charge in [-0.15, -0.1) is 0 Å². The van der Waals surface area contributed by atoms with Crippen LogP contribution in [-0.4, -0.2) is 54.3 Å². The number of thiazole rings is 1. The number of sulfonamides is 1. The lowest BCUT2D eigenvalue weighted by Crippen LogP contribution is -2.50. The highest BCUT2D eigenvalue weighted by molar-refractivity contribution is 7.89. The second-order valence-corrected chi connectivity index (χ2v) is 10.1. The van der Waals surface area contributed by atoms with Gasteiger partial charge in [0.25, 0.3) is 0 Å². The molecule has 0 atom stereocenters. The van der Waals surface area contributed by atoms with Crippen molar-refractivity contribution in [1.29, 1.82) is 0 Å². The van der Waals surface area contributed by atoms with Gasteiger partial charge in [-0.05, 0) is 37.5 Å². The maximum atomic E-state index is 13.0. The first-order valence-electron chi connectivity index (χ1n) is 9.34. The van der Waals surface area contributed by atoms with Crippen LogP contribution in [0.15, 0.2) is 27.9 Å². The Labute approximate surface area is 162 Å². The minimum Gasteiger partial charge on any atom is -0.340 e. The first-order valence-corrected chi connectivity index (χ1v) is 11.6. The minimum absolute atomic E-state index is 0.0615. The molecule has 2 fully saturated rings. The van der Waals surface area contributed by atoms with E-state index in [1.54, 1.807) is 27.7 Å². The first kappa shape index (κ1) is 18.6. The Bertz CT molecular complexity index is 1030. The number of fused-ring (bicyclic) bond motifs is 1. The molecule has 0 spiro atoms. The Hall–Kier alpha value is -1.71. The summed E-state index contributed by atoms with van der Waals surface area (Å²) in [4.78, 5) is 26.2. The summed E-state index contributed by atoms with van der Waals surface area (Å²) in [6.45, 7) is 4.14. The van der Waals surface area contributed by atoms with Gasteiger partial charge in [0.05, 0.1) is 15.1 Å². The van der Waals surface area contributed by atoms with E-state index < -0.39 is 10.0 Å². The molecule has 0 bridgehead atoms. The number of nitrogens with zero attached hydrogens (tertiary/aromatic N) is 3. The van der Waals surface area contributed by atoms with E-state index >= 15 is 0 Å². The molecule has 1 amide bonds. The third-order valence-corrected chi connectivity index (χ3v) is 8.04. The Kier molecular flexibility index (Phi) is 4.85. The molecule has 4 rings (SSSR count). The molecule has 2 aromatic rings. The van der Waals surface area contributed by atoms with E-state index in [9.17, 15) is 18.0 Å². The van der Waals surface area contributed by atoms with Crippen LogP contribution in [0, 0.1) is 5.92 Å². The van der Waals surface area contributed by atoms with E-state index in [0.717, 1.165) is 36.1 Å². The van der Waals surface area contributed by atoms with Gasteiger partial charge in [-0.1, -0.05) is 18.3 Å². The molecule has 2 aliphatic rings. The third-order valence-electron chi connectivity index (χ3n) is 5.20. The summed E-state index contributed by atoms with van der Waals surface area (Å²) in [5.41, 5.74) is 0.783. The van der Waals surface area contributed by atoms with Gasteiger partial charge in [-0.25, -0.2) is 8.42 Å². The number of amides is 1. The molecule has 1 saturated heterocycles. The van der Waals surface area contributed by atoms with Crippen LogP contribution in [0.1, 0.15) is 26.2 Å². The summed E-state index contributed by atoms with van der Waals surface area (Å²) in [5, 5.41) is 0. The first-order chi connectivity index (χ1) is 12.9. The highest BCUT2D eigenvalue weighted by Crippen LogP contribution is 2.31. The average molecular weight is 410 g/mol. The van der Waals surface area contributed by atoms with E-state index in [1.165, 1.54) is 4.31 Å².